The second kappa shape index (κ2) is 4.98. The summed E-state index contributed by atoms with van der Waals surface area (Å²) in [7, 11) is 0. The third-order valence-electron chi connectivity index (χ3n) is 3.46. The summed E-state index contributed by atoms with van der Waals surface area (Å²) < 4.78 is 0. The van der Waals surface area contributed by atoms with E-state index in [4.69, 9.17) is 5.11 Å². The van der Waals surface area contributed by atoms with E-state index in [1.165, 1.54) is 0 Å². The Morgan fingerprint density at radius 2 is 2.10 bits per heavy atom. The quantitative estimate of drug-likeness (QED) is 0.802. The van der Waals surface area contributed by atoms with Crippen molar-refractivity contribution in [2.24, 2.45) is 0 Å². The van der Waals surface area contributed by atoms with Crippen molar-refractivity contribution in [1.29, 1.82) is 0 Å². The fraction of sp³-hybridized carbons (Fsp3) is 0.188. The van der Waals surface area contributed by atoms with Crippen molar-refractivity contribution in [2.45, 2.75) is 19.6 Å². The first-order chi connectivity index (χ1) is 9.67. The summed E-state index contributed by atoms with van der Waals surface area (Å²) in [5.41, 5.74) is 4.58. The number of nitrogens with one attached hydrogen (secondary N) is 2. The Hall–Kier alpha value is -2.33. The molecule has 1 atom stereocenters. The van der Waals surface area contributed by atoms with Gasteiger partial charge in [0.25, 0.3) is 5.91 Å². The third kappa shape index (κ3) is 2.26. The van der Waals surface area contributed by atoms with Crippen LogP contribution in [0.5, 0.6) is 0 Å². The second-order valence-corrected chi connectivity index (χ2v) is 5.02. The van der Waals surface area contributed by atoms with Gasteiger partial charge in [0.15, 0.2) is 0 Å². The van der Waals surface area contributed by atoms with Crippen LogP contribution < -0.4 is 10.6 Å². The molecule has 0 spiro atoms. The predicted octanol–water partition coefficient (Wildman–Crippen LogP) is 2.59. The van der Waals surface area contributed by atoms with Gasteiger partial charge in [-0.3, -0.25) is 4.79 Å². The summed E-state index contributed by atoms with van der Waals surface area (Å²) in [6.07, 6.45) is 0. The molecule has 1 aliphatic heterocycles. The normalized spacial score (nSPS) is 16.7. The zero-order valence-electron chi connectivity index (χ0n) is 11.2. The van der Waals surface area contributed by atoms with Gasteiger partial charge in [0.05, 0.1) is 6.61 Å². The van der Waals surface area contributed by atoms with Gasteiger partial charge in [0.2, 0.25) is 0 Å². The Balaban J connectivity index is 1.91. The lowest BCUT2D eigenvalue weighted by Gasteiger charge is -2.14. The van der Waals surface area contributed by atoms with Crippen LogP contribution in [-0.4, -0.2) is 11.0 Å². The zero-order chi connectivity index (χ0) is 14.1. The van der Waals surface area contributed by atoms with Gasteiger partial charge in [0.1, 0.15) is 6.04 Å². The lowest BCUT2D eigenvalue weighted by Crippen LogP contribution is -2.19. The molecule has 0 aliphatic carbocycles. The van der Waals surface area contributed by atoms with E-state index in [0.717, 1.165) is 28.1 Å². The number of aliphatic hydroxyl groups is 1. The monoisotopic (exact) mass is 268 g/mol. The van der Waals surface area contributed by atoms with E-state index >= 15 is 0 Å². The highest BCUT2D eigenvalue weighted by Crippen LogP contribution is 2.33. The number of hydrogen-bond donors (Lipinski definition) is 3. The number of anilines is 2. The maximum absolute atomic E-state index is 12.1. The van der Waals surface area contributed by atoms with Crippen LogP contribution in [0, 0.1) is 6.92 Å². The average Bonchev–Trinajstić information content (AvgIpc) is 2.75. The molecule has 3 N–H and O–H groups in total. The second-order valence-electron chi connectivity index (χ2n) is 5.02. The summed E-state index contributed by atoms with van der Waals surface area (Å²) in [6, 6.07) is 13.0. The molecule has 1 unspecified atom stereocenters. The van der Waals surface area contributed by atoms with Gasteiger partial charge in [-0.15, -0.1) is 0 Å². The molecule has 0 bridgehead atoms. The Kier molecular flexibility index (Phi) is 3.16. The Labute approximate surface area is 117 Å². The molecule has 0 saturated heterocycles. The molecule has 0 radical (unpaired) electrons. The smallest absolute Gasteiger partial charge is 0.251 e. The molecule has 3 rings (SSSR count). The molecule has 0 fully saturated rings. The first kappa shape index (κ1) is 12.7. The summed E-state index contributed by atoms with van der Waals surface area (Å²) >= 11 is 0. The van der Waals surface area contributed by atoms with Crippen molar-refractivity contribution in [2.75, 3.05) is 10.6 Å². The average molecular weight is 268 g/mol. The van der Waals surface area contributed by atoms with E-state index in [0.29, 0.717) is 0 Å². The van der Waals surface area contributed by atoms with Crippen LogP contribution in [0.4, 0.5) is 11.4 Å². The van der Waals surface area contributed by atoms with Crippen LogP contribution in [0.3, 0.4) is 0 Å². The fourth-order valence-corrected chi connectivity index (χ4v) is 2.45. The van der Waals surface area contributed by atoms with Crippen molar-refractivity contribution in [3.63, 3.8) is 0 Å². The first-order valence-electron chi connectivity index (χ1n) is 6.55. The fourth-order valence-electron chi connectivity index (χ4n) is 2.45. The standard InChI is InChI=1S/C16H16N2O2/c1-10-5-6-14-13(7-10)15(16(20)18-14)17-12-4-2-3-11(8-12)9-19/h2-8,15,17,19H,9H2,1H3,(H,18,20). The van der Waals surface area contributed by atoms with Crippen LogP contribution >= 0.6 is 0 Å². The van der Waals surface area contributed by atoms with Crippen molar-refractivity contribution in [1.82, 2.24) is 0 Å². The Bertz CT molecular complexity index is 667. The van der Waals surface area contributed by atoms with E-state index in [2.05, 4.69) is 10.6 Å². The van der Waals surface area contributed by atoms with Gasteiger partial charge in [-0.25, -0.2) is 0 Å². The SMILES string of the molecule is Cc1ccc2c(c1)C(Nc1cccc(CO)c1)C(=O)N2. The van der Waals surface area contributed by atoms with Crippen molar-refractivity contribution in [3.8, 4) is 0 Å². The molecule has 4 heteroatoms. The number of rotatable bonds is 3. The first-order valence-corrected chi connectivity index (χ1v) is 6.55. The highest BCUT2D eigenvalue weighted by atomic mass is 16.3. The van der Waals surface area contributed by atoms with E-state index in [1.807, 2.05) is 49.4 Å². The molecule has 0 aromatic heterocycles. The minimum Gasteiger partial charge on any atom is -0.392 e. The van der Waals surface area contributed by atoms with Crippen LogP contribution in [0.2, 0.25) is 0 Å². The van der Waals surface area contributed by atoms with E-state index in [9.17, 15) is 4.79 Å². The van der Waals surface area contributed by atoms with E-state index in [1.54, 1.807) is 0 Å². The number of aryl methyl sites for hydroxylation is 1. The van der Waals surface area contributed by atoms with E-state index < -0.39 is 0 Å². The van der Waals surface area contributed by atoms with Gasteiger partial charge in [-0.1, -0.05) is 29.8 Å². The number of carbonyl (C=O) groups is 1. The molecule has 2 aromatic carbocycles. The van der Waals surface area contributed by atoms with Gasteiger partial charge >= 0.3 is 0 Å². The number of amides is 1. The lowest BCUT2D eigenvalue weighted by molar-refractivity contribution is -0.116. The molecule has 2 aromatic rings. The number of aliphatic hydroxyl groups excluding tert-OH is 1. The molecular weight excluding hydrogens is 252 g/mol. The highest BCUT2D eigenvalue weighted by Gasteiger charge is 2.30. The summed E-state index contributed by atoms with van der Waals surface area (Å²) in [4.78, 5) is 12.1. The summed E-state index contributed by atoms with van der Waals surface area (Å²) in [6.45, 7) is 1.99. The number of carbonyl (C=O) groups excluding carboxylic acids is 1. The Morgan fingerprint density at radius 3 is 2.90 bits per heavy atom. The van der Waals surface area contributed by atoms with Gasteiger partial charge in [0, 0.05) is 16.9 Å². The maximum Gasteiger partial charge on any atom is 0.251 e. The molecular formula is C16H16N2O2. The zero-order valence-corrected chi connectivity index (χ0v) is 11.2. The maximum atomic E-state index is 12.1. The molecule has 102 valence electrons. The lowest BCUT2D eigenvalue weighted by atomic mass is 10.0. The molecule has 1 amide bonds. The van der Waals surface area contributed by atoms with Gasteiger partial charge in [-0.05, 0) is 30.7 Å². The van der Waals surface area contributed by atoms with Crippen molar-refractivity contribution < 1.29 is 9.90 Å². The van der Waals surface area contributed by atoms with Gasteiger partial charge in [-0.2, -0.15) is 0 Å². The minimum absolute atomic E-state index is 0.0118. The number of benzene rings is 2. The van der Waals surface area contributed by atoms with Crippen LogP contribution in [0.1, 0.15) is 22.7 Å². The van der Waals surface area contributed by atoms with Gasteiger partial charge < -0.3 is 15.7 Å². The largest absolute Gasteiger partial charge is 0.392 e. The molecule has 1 aliphatic rings. The molecule has 0 saturated carbocycles. The molecule has 1 heterocycles. The van der Waals surface area contributed by atoms with Crippen LogP contribution in [0.15, 0.2) is 42.5 Å². The number of fused-ring (bicyclic) bond motifs is 1. The van der Waals surface area contributed by atoms with Crippen molar-refractivity contribution >= 4 is 17.3 Å². The predicted molar refractivity (Wildman–Crippen MR) is 78.5 cm³/mol. The topological polar surface area (TPSA) is 61.4 Å². The number of hydrogen-bond acceptors (Lipinski definition) is 3. The Morgan fingerprint density at radius 1 is 1.25 bits per heavy atom. The summed E-state index contributed by atoms with van der Waals surface area (Å²) in [5.74, 6) is -0.0556. The van der Waals surface area contributed by atoms with Crippen LogP contribution in [-0.2, 0) is 11.4 Å². The highest BCUT2D eigenvalue weighted by molar-refractivity contribution is 6.04. The van der Waals surface area contributed by atoms with Crippen molar-refractivity contribution in [3.05, 3.63) is 59.2 Å². The minimum atomic E-state index is -0.390. The van der Waals surface area contributed by atoms with Crippen LogP contribution in [0.25, 0.3) is 0 Å². The molecule has 20 heavy (non-hydrogen) atoms. The van der Waals surface area contributed by atoms with E-state index in [-0.39, 0.29) is 18.6 Å². The third-order valence-corrected chi connectivity index (χ3v) is 3.46. The molecule has 4 nitrogen and oxygen atoms in total. The summed E-state index contributed by atoms with van der Waals surface area (Å²) in [5, 5.41) is 15.3.